The SMILES string of the molecule is CONC(=O)CNc1ccc(C=C(C)C(N)=O)cn1. The van der Waals surface area contributed by atoms with Crippen molar-refractivity contribution in [1.82, 2.24) is 10.5 Å². The molecule has 1 heterocycles. The Labute approximate surface area is 110 Å². The number of nitrogens with zero attached hydrogens (tertiary/aromatic N) is 1. The first-order valence-electron chi connectivity index (χ1n) is 5.52. The zero-order valence-electron chi connectivity index (χ0n) is 10.8. The number of pyridine rings is 1. The number of aromatic nitrogens is 1. The molecule has 0 aliphatic heterocycles. The van der Waals surface area contributed by atoms with Crippen molar-refractivity contribution in [3.63, 3.8) is 0 Å². The number of hydrogen-bond acceptors (Lipinski definition) is 5. The van der Waals surface area contributed by atoms with Crippen molar-refractivity contribution in [2.45, 2.75) is 6.92 Å². The third kappa shape index (κ3) is 5.17. The standard InChI is InChI=1S/C12H16N4O3/c1-8(12(13)18)5-9-3-4-10(14-6-9)15-7-11(17)16-19-2/h3-6H,7H2,1-2H3,(H2,13,18)(H,14,15)(H,16,17). The molecule has 0 aromatic carbocycles. The van der Waals surface area contributed by atoms with Crippen molar-refractivity contribution in [1.29, 1.82) is 0 Å². The predicted octanol–water partition coefficient (Wildman–Crippen LogP) is 0.0597. The Morgan fingerprint density at radius 1 is 1.47 bits per heavy atom. The minimum absolute atomic E-state index is 0.0519. The van der Waals surface area contributed by atoms with Crippen LogP contribution in [-0.2, 0) is 14.4 Å². The molecule has 4 N–H and O–H groups in total. The van der Waals surface area contributed by atoms with Gasteiger partial charge in [0.15, 0.2) is 0 Å². The average molecular weight is 264 g/mol. The number of hydroxylamine groups is 1. The van der Waals surface area contributed by atoms with E-state index in [9.17, 15) is 9.59 Å². The van der Waals surface area contributed by atoms with E-state index in [2.05, 4.69) is 20.6 Å². The minimum atomic E-state index is -0.474. The fraction of sp³-hybridized carbons (Fsp3) is 0.250. The number of nitrogens with one attached hydrogen (secondary N) is 2. The lowest BCUT2D eigenvalue weighted by atomic mass is 10.2. The van der Waals surface area contributed by atoms with Crippen LogP contribution in [0.1, 0.15) is 12.5 Å². The third-order valence-corrected chi connectivity index (χ3v) is 2.20. The van der Waals surface area contributed by atoms with Crippen molar-refractivity contribution in [2.75, 3.05) is 19.0 Å². The van der Waals surface area contributed by atoms with Gasteiger partial charge in [0, 0.05) is 11.8 Å². The van der Waals surface area contributed by atoms with Gasteiger partial charge in [-0.05, 0) is 30.7 Å². The molecular weight excluding hydrogens is 248 g/mol. The maximum atomic E-state index is 11.1. The Hall–Kier alpha value is -2.41. The second-order valence-corrected chi connectivity index (χ2v) is 3.75. The summed E-state index contributed by atoms with van der Waals surface area (Å²) in [6, 6.07) is 3.45. The monoisotopic (exact) mass is 264 g/mol. The van der Waals surface area contributed by atoms with Crippen LogP contribution in [0.3, 0.4) is 0 Å². The first-order chi connectivity index (χ1) is 9.02. The van der Waals surface area contributed by atoms with E-state index in [1.807, 2.05) is 0 Å². The second-order valence-electron chi connectivity index (χ2n) is 3.75. The molecule has 0 radical (unpaired) electrons. The Balaban J connectivity index is 2.59. The lowest BCUT2D eigenvalue weighted by Gasteiger charge is -2.05. The summed E-state index contributed by atoms with van der Waals surface area (Å²) in [5, 5.41) is 2.82. The van der Waals surface area contributed by atoms with Crippen LogP contribution in [0.2, 0.25) is 0 Å². The Bertz CT molecular complexity index is 482. The molecule has 0 saturated carbocycles. The summed E-state index contributed by atoms with van der Waals surface area (Å²) in [5.41, 5.74) is 8.50. The van der Waals surface area contributed by atoms with Gasteiger partial charge in [-0.2, -0.15) is 0 Å². The molecule has 102 valence electrons. The number of primary amides is 1. The average Bonchev–Trinajstić information content (AvgIpc) is 2.38. The van der Waals surface area contributed by atoms with Crippen LogP contribution in [0, 0.1) is 0 Å². The van der Waals surface area contributed by atoms with Crippen molar-refractivity contribution in [3.05, 3.63) is 29.5 Å². The second kappa shape index (κ2) is 7.12. The molecule has 2 amide bonds. The lowest BCUT2D eigenvalue weighted by molar-refractivity contribution is -0.129. The van der Waals surface area contributed by atoms with Gasteiger partial charge >= 0.3 is 0 Å². The molecule has 0 unspecified atom stereocenters. The quantitative estimate of drug-likeness (QED) is 0.497. The van der Waals surface area contributed by atoms with Crippen molar-refractivity contribution in [3.8, 4) is 0 Å². The summed E-state index contributed by atoms with van der Waals surface area (Å²) >= 11 is 0. The zero-order chi connectivity index (χ0) is 14.3. The predicted molar refractivity (Wildman–Crippen MR) is 70.7 cm³/mol. The van der Waals surface area contributed by atoms with Gasteiger partial charge < -0.3 is 11.1 Å². The molecule has 7 nitrogen and oxygen atoms in total. The largest absolute Gasteiger partial charge is 0.366 e. The van der Waals surface area contributed by atoms with Crippen LogP contribution in [0.5, 0.6) is 0 Å². The Kier molecular flexibility index (Phi) is 5.49. The van der Waals surface area contributed by atoms with E-state index in [1.54, 1.807) is 31.3 Å². The summed E-state index contributed by atoms with van der Waals surface area (Å²) < 4.78 is 0. The molecule has 0 atom stereocenters. The van der Waals surface area contributed by atoms with Crippen LogP contribution < -0.4 is 16.5 Å². The molecule has 0 saturated heterocycles. The highest BCUT2D eigenvalue weighted by Gasteiger charge is 2.01. The van der Waals surface area contributed by atoms with Gasteiger partial charge in [-0.3, -0.25) is 14.4 Å². The molecule has 7 heteroatoms. The van der Waals surface area contributed by atoms with E-state index in [0.717, 1.165) is 5.56 Å². The number of carbonyl (C=O) groups excluding carboxylic acids is 2. The van der Waals surface area contributed by atoms with Gasteiger partial charge in [0.2, 0.25) is 5.91 Å². The van der Waals surface area contributed by atoms with Crippen LogP contribution >= 0.6 is 0 Å². The number of anilines is 1. The van der Waals surface area contributed by atoms with Crippen molar-refractivity contribution in [2.24, 2.45) is 5.73 Å². The summed E-state index contributed by atoms with van der Waals surface area (Å²) in [5.74, 6) is -0.239. The Morgan fingerprint density at radius 3 is 2.74 bits per heavy atom. The molecule has 1 rings (SSSR count). The van der Waals surface area contributed by atoms with E-state index in [4.69, 9.17) is 5.73 Å². The molecule has 0 spiro atoms. The van der Waals surface area contributed by atoms with Gasteiger partial charge in [-0.25, -0.2) is 10.5 Å². The number of nitrogens with two attached hydrogens (primary N) is 1. The third-order valence-electron chi connectivity index (χ3n) is 2.20. The first-order valence-corrected chi connectivity index (χ1v) is 5.52. The van der Waals surface area contributed by atoms with Crippen LogP contribution in [0.25, 0.3) is 6.08 Å². The van der Waals surface area contributed by atoms with Crippen LogP contribution in [-0.4, -0.2) is 30.5 Å². The van der Waals surface area contributed by atoms with Gasteiger partial charge in [0.05, 0.1) is 13.7 Å². The van der Waals surface area contributed by atoms with Crippen molar-refractivity contribution >= 4 is 23.7 Å². The molecule has 0 fully saturated rings. The molecule has 1 aromatic heterocycles. The summed E-state index contributed by atoms with van der Waals surface area (Å²) in [7, 11) is 1.36. The van der Waals surface area contributed by atoms with E-state index in [0.29, 0.717) is 11.4 Å². The summed E-state index contributed by atoms with van der Waals surface area (Å²) in [6.07, 6.45) is 3.21. The maximum absolute atomic E-state index is 11.1. The molecular formula is C12H16N4O3. The number of carbonyl (C=O) groups is 2. The molecule has 19 heavy (non-hydrogen) atoms. The van der Waals surface area contributed by atoms with Gasteiger partial charge in [0.1, 0.15) is 5.82 Å². The number of rotatable bonds is 6. The summed E-state index contributed by atoms with van der Waals surface area (Å²) in [6.45, 7) is 1.68. The fourth-order valence-electron chi connectivity index (χ4n) is 1.24. The van der Waals surface area contributed by atoms with Gasteiger partial charge in [0.25, 0.3) is 5.91 Å². The molecule has 0 aliphatic carbocycles. The zero-order valence-corrected chi connectivity index (χ0v) is 10.8. The minimum Gasteiger partial charge on any atom is -0.366 e. The van der Waals surface area contributed by atoms with E-state index in [1.165, 1.54) is 7.11 Å². The topological polar surface area (TPSA) is 106 Å². The highest BCUT2D eigenvalue weighted by molar-refractivity contribution is 5.95. The van der Waals surface area contributed by atoms with Crippen molar-refractivity contribution < 1.29 is 14.4 Å². The fourth-order valence-corrected chi connectivity index (χ4v) is 1.24. The summed E-state index contributed by atoms with van der Waals surface area (Å²) in [4.78, 5) is 30.6. The highest BCUT2D eigenvalue weighted by Crippen LogP contribution is 2.08. The molecule has 0 bridgehead atoms. The van der Waals surface area contributed by atoms with Crippen LogP contribution in [0.15, 0.2) is 23.9 Å². The first kappa shape index (κ1) is 14.7. The van der Waals surface area contributed by atoms with E-state index < -0.39 is 5.91 Å². The number of amides is 2. The highest BCUT2D eigenvalue weighted by atomic mass is 16.6. The smallest absolute Gasteiger partial charge is 0.262 e. The Morgan fingerprint density at radius 2 is 2.21 bits per heavy atom. The van der Waals surface area contributed by atoms with E-state index in [-0.39, 0.29) is 12.5 Å². The molecule has 1 aromatic rings. The molecule has 0 aliphatic rings. The number of hydrogen-bond donors (Lipinski definition) is 3. The maximum Gasteiger partial charge on any atom is 0.262 e. The van der Waals surface area contributed by atoms with Crippen LogP contribution in [0.4, 0.5) is 5.82 Å². The lowest BCUT2D eigenvalue weighted by Crippen LogP contribution is -2.28. The van der Waals surface area contributed by atoms with Gasteiger partial charge in [-0.1, -0.05) is 0 Å². The van der Waals surface area contributed by atoms with E-state index >= 15 is 0 Å². The van der Waals surface area contributed by atoms with Gasteiger partial charge in [-0.15, -0.1) is 0 Å². The normalized spacial score (nSPS) is 10.9.